The molecular formula is C15H26N4. The number of nitrogens with zero attached hydrogens (tertiary/aromatic N) is 3. The van der Waals surface area contributed by atoms with Crippen LogP contribution in [0.5, 0.6) is 0 Å². The molecule has 1 saturated heterocycles. The summed E-state index contributed by atoms with van der Waals surface area (Å²) in [6, 6.07) is 3.20. The molecule has 2 rings (SSSR count). The zero-order valence-electron chi connectivity index (χ0n) is 12.6. The Balaban J connectivity index is 2.14. The number of hydrogen-bond acceptors (Lipinski definition) is 4. The van der Waals surface area contributed by atoms with Gasteiger partial charge in [0, 0.05) is 61.9 Å². The highest BCUT2D eigenvalue weighted by Gasteiger charge is 2.23. The van der Waals surface area contributed by atoms with Crippen LogP contribution in [0.4, 0.5) is 5.69 Å². The Morgan fingerprint density at radius 1 is 1.42 bits per heavy atom. The number of anilines is 1. The maximum atomic E-state index is 4.28. The van der Waals surface area contributed by atoms with Crippen LogP contribution in [0.25, 0.3) is 0 Å². The van der Waals surface area contributed by atoms with Gasteiger partial charge in [-0.3, -0.25) is 4.98 Å². The highest BCUT2D eigenvalue weighted by atomic mass is 15.3. The molecule has 1 atom stereocenters. The molecule has 0 aliphatic carbocycles. The molecule has 0 aromatic carbocycles. The van der Waals surface area contributed by atoms with Gasteiger partial charge in [-0.25, -0.2) is 0 Å². The van der Waals surface area contributed by atoms with Gasteiger partial charge in [0.2, 0.25) is 0 Å². The van der Waals surface area contributed by atoms with Crippen molar-refractivity contribution in [1.82, 2.24) is 15.2 Å². The van der Waals surface area contributed by atoms with E-state index >= 15 is 0 Å². The molecule has 0 radical (unpaired) electrons. The molecule has 106 valence electrons. The zero-order valence-corrected chi connectivity index (χ0v) is 12.6. The van der Waals surface area contributed by atoms with Crippen molar-refractivity contribution >= 4 is 5.69 Å². The number of likely N-dealkylation sites (N-methyl/N-ethyl adjacent to an activating group) is 1. The summed E-state index contributed by atoms with van der Waals surface area (Å²) in [6.45, 7) is 10.9. The summed E-state index contributed by atoms with van der Waals surface area (Å²) in [5.41, 5.74) is 2.64. The summed E-state index contributed by atoms with van der Waals surface area (Å²) in [5, 5.41) is 3.49. The van der Waals surface area contributed by atoms with Crippen LogP contribution in [0.2, 0.25) is 0 Å². The molecule has 0 spiro atoms. The predicted octanol–water partition coefficient (Wildman–Crippen LogP) is 1.72. The molecular weight excluding hydrogens is 236 g/mol. The number of nitrogens with one attached hydrogen (secondary N) is 1. The average molecular weight is 262 g/mol. The molecule has 1 aromatic heterocycles. The van der Waals surface area contributed by atoms with Gasteiger partial charge in [-0.15, -0.1) is 0 Å². The normalized spacial score (nSPS) is 21.1. The van der Waals surface area contributed by atoms with Gasteiger partial charge in [0.05, 0.1) is 0 Å². The fourth-order valence-corrected chi connectivity index (χ4v) is 2.65. The van der Waals surface area contributed by atoms with Gasteiger partial charge in [-0.2, -0.15) is 0 Å². The summed E-state index contributed by atoms with van der Waals surface area (Å²) < 4.78 is 0. The molecule has 1 aliphatic heterocycles. The van der Waals surface area contributed by atoms with Gasteiger partial charge < -0.3 is 15.1 Å². The fourth-order valence-electron chi connectivity index (χ4n) is 2.65. The third kappa shape index (κ3) is 3.67. The van der Waals surface area contributed by atoms with Crippen LogP contribution >= 0.6 is 0 Å². The summed E-state index contributed by atoms with van der Waals surface area (Å²) in [6.07, 6.45) is 3.90. The second-order valence-electron chi connectivity index (χ2n) is 5.84. The second-order valence-corrected chi connectivity index (χ2v) is 5.84. The molecule has 1 unspecified atom stereocenters. The lowest BCUT2D eigenvalue weighted by Crippen LogP contribution is -2.51. The molecule has 4 nitrogen and oxygen atoms in total. The molecule has 1 N–H and O–H groups in total. The third-order valence-corrected chi connectivity index (χ3v) is 3.72. The van der Waals surface area contributed by atoms with Gasteiger partial charge in [-0.05, 0) is 20.0 Å². The SMILES string of the molecule is CC(C)NCc1cnccc1N1CCN(C)CC1C. The Kier molecular flexibility index (Phi) is 4.77. The van der Waals surface area contributed by atoms with E-state index in [1.54, 1.807) is 0 Å². The summed E-state index contributed by atoms with van der Waals surface area (Å²) in [4.78, 5) is 9.19. The summed E-state index contributed by atoms with van der Waals surface area (Å²) >= 11 is 0. The second kappa shape index (κ2) is 6.35. The number of rotatable bonds is 4. The summed E-state index contributed by atoms with van der Waals surface area (Å²) in [7, 11) is 2.20. The maximum absolute atomic E-state index is 4.28. The Labute approximate surface area is 116 Å². The quantitative estimate of drug-likeness (QED) is 0.895. The Morgan fingerprint density at radius 3 is 2.89 bits per heavy atom. The fraction of sp³-hybridized carbons (Fsp3) is 0.667. The Bertz CT molecular complexity index is 405. The number of pyridine rings is 1. The lowest BCUT2D eigenvalue weighted by atomic mass is 10.1. The summed E-state index contributed by atoms with van der Waals surface area (Å²) in [5.74, 6) is 0. The molecule has 1 fully saturated rings. The highest BCUT2D eigenvalue weighted by Crippen LogP contribution is 2.23. The van der Waals surface area contributed by atoms with Crippen LogP contribution in [0.3, 0.4) is 0 Å². The van der Waals surface area contributed by atoms with E-state index in [2.05, 4.69) is 54.0 Å². The first-order valence-corrected chi connectivity index (χ1v) is 7.19. The van der Waals surface area contributed by atoms with Gasteiger partial charge in [0.15, 0.2) is 0 Å². The van der Waals surface area contributed by atoms with Gasteiger partial charge >= 0.3 is 0 Å². The van der Waals surface area contributed by atoms with E-state index in [1.165, 1.54) is 11.3 Å². The molecule has 0 saturated carbocycles. The van der Waals surface area contributed by atoms with Gasteiger partial charge in [0.1, 0.15) is 0 Å². The van der Waals surface area contributed by atoms with Crippen molar-refractivity contribution in [2.45, 2.75) is 39.4 Å². The standard InChI is InChI=1S/C15H26N4/c1-12(2)17-10-14-9-16-6-5-15(14)19-8-7-18(4)11-13(19)3/h5-6,9,12-13,17H,7-8,10-11H2,1-4H3. The van der Waals surface area contributed by atoms with Crippen LogP contribution in [0.15, 0.2) is 18.5 Å². The number of hydrogen-bond donors (Lipinski definition) is 1. The molecule has 2 heterocycles. The van der Waals surface area contributed by atoms with E-state index in [9.17, 15) is 0 Å². The molecule has 19 heavy (non-hydrogen) atoms. The first-order chi connectivity index (χ1) is 9.08. The lowest BCUT2D eigenvalue weighted by molar-refractivity contribution is 0.275. The van der Waals surface area contributed by atoms with Crippen LogP contribution in [0, 0.1) is 0 Å². The van der Waals surface area contributed by atoms with Crippen LogP contribution in [-0.4, -0.2) is 48.6 Å². The molecule has 1 aliphatic rings. The van der Waals surface area contributed by atoms with Crippen LogP contribution in [0.1, 0.15) is 26.3 Å². The highest BCUT2D eigenvalue weighted by molar-refractivity contribution is 5.53. The molecule has 0 bridgehead atoms. The van der Waals surface area contributed by atoms with Crippen molar-refractivity contribution < 1.29 is 0 Å². The lowest BCUT2D eigenvalue weighted by Gasteiger charge is -2.40. The van der Waals surface area contributed by atoms with E-state index in [-0.39, 0.29) is 0 Å². The minimum absolute atomic E-state index is 0.498. The smallest absolute Gasteiger partial charge is 0.0446 e. The topological polar surface area (TPSA) is 31.4 Å². The molecule has 1 aromatic rings. The van der Waals surface area contributed by atoms with Crippen molar-refractivity contribution in [3.63, 3.8) is 0 Å². The first kappa shape index (κ1) is 14.3. The average Bonchev–Trinajstić information content (AvgIpc) is 2.37. The predicted molar refractivity (Wildman–Crippen MR) is 80.5 cm³/mol. The van der Waals surface area contributed by atoms with Crippen molar-refractivity contribution in [1.29, 1.82) is 0 Å². The monoisotopic (exact) mass is 262 g/mol. The minimum atomic E-state index is 0.498. The van der Waals surface area contributed by atoms with Crippen molar-refractivity contribution in [2.75, 3.05) is 31.6 Å². The van der Waals surface area contributed by atoms with Crippen molar-refractivity contribution in [3.8, 4) is 0 Å². The minimum Gasteiger partial charge on any atom is -0.366 e. The largest absolute Gasteiger partial charge is 0.366 e. The van der Waals surface area contributed by atoms with E-state index in [4.69, 9.17) is 0 Å². The molecule has 0 amide bonds. The Morgan fingerprint density at radius 2 is 2.21 bits per heavy atom. The van der Waals surface area contributed by atoms with E-state index in [0.29, 0.717) is 12.1 Å². The van der Waals surface area contributed by atoms with Crippen molar-refractivity contribution in [3.05, 3.63) is 24.0 Å². The third-order valence-electron chi connectivity index (χ3n) is 3.72. The van der Waals surface area contributed by atoms with Gasteiger partial charge in [-0.1, -0.05) is 13.8 Å². The zero-order chi connectivity index (χ0) is 13.8. The van der Waals surface area contributed by atoms with Crippen molar-refractivity contribution in [2.24, 2.45) is 0 Å². The number of piperazine rings is 1. The first-order valence-electron chi connectivity index (χ1n) is 7.19. The van der Waals surface area contributed by atoms with Crippen LogP contribution in [-0.2, 0) is 6.54 Å². The van der Waals surface area contributed by atoms with Crippen LogP contribution < -0.4 is 10.2 Å². The maximum Gasteiger partial charge on any atom is 0.0446 e. The number of aromatic nitrogens is 1. The van der Waals surface area contributed by atoms with E-state index < -0.39 is 0 Å². The van der Waals surface area contributed by atoms with E-state index in [0.717, 1.165) is 26.2 Å². The molecule has 4 heteroatoms. The Hall–Kier alpha value is -1.13. The van der Waals surface area contributed by atoms with E-state index in [1.807, 2.05) is 12.4 Å². The van der Waals surface area contributed by atoms with Gasteiger partial charge in [0.25, 0.3) is 0 Å².